The molecular weight excluding hydrogens is 183 g/mol. The first kappa shape index (κ1) is 8.45. The summed E-state index contributed by atoms with van der Waals surface area (Å²) >= 11 is 1.68. The summed E-state index contributed by atoms with van der Waals surface area (Å²) in [5.41, 5.74) is 0.905. The Labute approximate surface area is 80.7 Å². The number of rotatable bonds is 2. The molecule has 13 heavy (non-hydrogen) atoms. The molecule has 1 heterocycles. The van der Waals surface area contributed by atoms with Gasteiger partial charge in [-0.15, -0.1) is 11.3 Å². The van der Waals surface area contributed by atoms with Gasteiger partial charge in [-0.25, -0.2) is 4.39 Å². The van der Waals surface area contributed by atoms with Gasteiger partial charge in [-0.1, -0.05) is 12.1 Å². The van der Waals surface area contributed by atoms with Gasteiger partial charge in [0.25, 0.3) is 0 Å². The van der Waals surface area contributed by atoms with Gasteiger partial charge >= 0.3 is 0 Å². The molecule has 2 heteroatoms. The van der Waals surface area contributed by atoms with Gasteiger partial charge < -0.3 is 0 Å². The van der Waals surface area contributed by atoms with E-state index in [1.165, 1.54) is 17.0 Å². The minimum Gasteiger partial charge on any atom is -0.207 e. The van der Waals surface area contributed by atoms with Crippen LogP contribution >= 0.6 is 11.3 Å². The number of hydrogen-bond acceptors (Lipinski definition) is 1. The summed E-state index contributed by atoms with van der Waals surface area (Å²) in [6.07, 6.45) is 0.773. The van der Waals surface area contributed by atoms with Crippen LogP contribution in [-0.2, 0) is 6.42 Å². The minimum atomic E-state index is -0.190. The second-order valence-corrected chi connectivity index (χ2v) is 3.82. The van der Waals surface area contributed by atoms with Gasteiger partial charge in [0, 0.05) is 11.3 Å². The van der Waals surface area contributed by atoms with Crippen LogP contribution in [0.2, 0.25) is 0 Å². The molecule has 1 radical (unpaired) electrons. The Morgan fingerprint density at radius 1 is 1.38 bits per heavy atom. The Kier molecular flexibility index (Phi) is 2.41. The van der Waals surface area contributed by atoms with Crippen LogP contribution in [0.3, 0.4) is 0 Å². The molecule has 0 aliphatic carbocycles. The normalized spacial score (nSPS) is 10.2. The lowest BCUT2D eigenvalue weighted by atomic mass is 10.1. The van der Waals surface area contributed by atoms with Crippen molar-refractivity contribution in [2.24, 2.45) is 0 Å². The van der Waals surface area contributed by atoms with E-state index in [1.807, 2.05) is 17.5 Å². The number of benzene rings is 1. The molecule has 0 saturated carbocycles. The Morgan fingerprint density at radius 2 is 2.31 bits per heavy atom. The van der Waals surface area contributed by atoms with Gasteiger partial charge in [-0.2, -0.15) is 0 Å². The molecular formula is C11H8FS. The van der Waals surface area contributed by atoms with Gasteiger partial charge in [0.05, 0.1) is 0 Å². The van der Waals surface area contributed by atoms with Crippen molar-refractivity contribution < 1.29 is 4.39 Å². The maximum Gasteiger partial charge on any atom is 0.123 e. The van der Waals surface area contributed by atoms with E-state index in [4.69, 9.17) is 0 Å². The third kappa shape index (κ3) is 2.16. The van der Waals surface area contributed by atoms with E-state index in [2.05, 4.69) is 6.07 Å². The van der Waals surface area contributed by atoms with Crippen molar-refractivity contribution in [2.75, 3.05) is 0 Å². The zero-order valence-corrected chi connectivity index (χ0v) is 7.77. The predicted molar refractivity (Wildman–Crippen MR) is 52.4 cm³/mol. The summed E-state index contributed by atoms with van der Waals surface area (Å²) in [6.45, 7) is 0. The molecule has 0 saturated heterocycles. The molecule has 0 fully saturated rings. The van der Waals surface area contributed by atoms with Crippen molar-refractivity contribution in [3.63, 3.8) is 0 Å². The van der Waals surface area contributed by atoms with Crippen molar-refractivity contribution in [1.29, 1.82) is 0 Å². The highest BCUT2D eigenvalue weighted by Crippen LogP contribution is 2.14. The lowest BCUT2D eigenvalue weighted by Crippen LogP contribution is -1.85. The van der Waals surface area contributed by atoms with Gasteiger partial charge in [-0.3, -0.25) is 0 Å². The fraction of sp³-hybridized carbons (Fsp3) is 0.0909. The van der Waals surface area contributed by atoms with E-state index in [-0.39, 0.29) is 5.82 Å². The van der Waals surface area contributed by atoms with Crippen LogP contribution in [0.5, 0.6) is 0 Å². The SMILES string of the molecule is Fc1cc[c]c(Cc2cccs2)c1. The minimum absolute atomic E-state index is 0.190. The molecule has 0 nitrogen and oxygen atoms in total. The highest BCUT2D eigenvalue weighted by atomic mass is 32.1. The quantitative estimate of drug-likeness (QED) is 0.683. The molecule has 0 aliphatic heterocycles. The van der Waals surface area contributed by atoms with Gasteiger partial charge in [-0.05, 0) is 35.2 Å². The highest BCUT2D eigenvalue weighted by molar-refractivity contribution is 7.09. The monoisotopic (exact) mass is 191 g/mol. The maximum absolute atomic E-state index is 12.8. The van der Waals surface area contributed by atoms with E-state index in [1.54, 1.807) is 17.4 Å². The average molecular weight is 191 g/mol. The maximum atomic E-state index is 12.8. The summed E-state index contributed by atoms with van der Waals surface area (Å²) in [7, 11) is 0. The van der Waals surface area contributed by atoms with Crippen molar-refractivity contribution in [1.82, 2.24) is 0 Å². The highest BCUT2D eigenvalue weighted by Gasteiger charge is 1.98. The molecule has 65 valence electrons. The standard InChI is InChI=1S/C11H8FS/c12-10-4-1-3-9(7-10)8-11-5-2-6-13-11/h1-2,4-7H,8H2. The molecule has 0 N–H and O–H groups in total. The summed E-state index contributed by atoms with van der Waals surface area (Å²) in [4.78, 5) is 1.24. The Bertz CT molecular complexity index is 379. The van der Waals surface area contributed by atoms with Crippen molar-refractivity contribution >= 4 is 11.3 Å². The third-order valence-corrected chi connectivity index (χ3v) is 2.64. The van der Waals surface area contributed by atoms with Crippen LogP contribution in [0.1, 0.15) is 10.4 Å². The van der Waals surface area contributed by atoms with Crippen LogP contribution in [-0.4, -0.2) is 0 Å². The van der Waals surface area contributed by atoms with Gasteiger partial charge in [0.1, 0.15) is 5.82 Å². The zero-order valence-electron chi connectivity index (χ0n) is 6.96. The summed E-state index contributed by atoms with van der Waals surface area (Å²) in [5.74, 6) is -0.190. The molecule has 0 amide bonds. The zero-order chi connectivity index (χ0) is 9.10. The molecule has 0 aliphatic rings. The summed E-state index contributed by atoms with van der Waals surface area (Å²) in [5, 5.41) is 2.02. The van der Waals surface area contributed by atoms with E-state index in [9.17, 15) is 4.39 Å². The molecule has 0 atom stereocenters. The molecule has 0 unspecified atom stereocenters. The fourth-order valence-corrected chi connectivity index (χ4v) is 1.92. The first-order valence-corrected chi connectivity index (χ1v) is 4.91. The summed E-state index contributed by atoms with van der Waals surface area (Å²) in [6, 6.07) is 11.6. The lowest BCUT2D eigenvalue weighted by Gasteiger charge is -1.97. The molecule has 0 bridgehead atoms. The van der Waals surface area contributed by atoms with Crippen LogP contribution in [0.15, 0.2) is 35.7 Å². The van der Waals surface area contributed by atoms with Crippen molar-refractivity contribution in [2.45, 2.75) is 6.42 Å². The predicted octanol–water partition coefficient (Wildman–Crippen LogP) is 3.28. The first-order valence-electron chi connectivity index (χ1n) is 4.03. The van der Waals surface area contributed by atoms with E-state index in [0.29, 0.717) is 0 Å². The Hall–Kier alpha value is -1.15. The van der Waals surface area contributed by atoms with Crippen molar-refractivity contribution in [3.8, 4) is 0 Å². The second kappa shape index (κ2) is 3.71. The Morgan fingerprint density at radius 3 is 3.00 bits per heavy atom. The molecule has 1 aromatic heterocycles. The van der Waals surface area contributed by atoms with E-state index < -0.39 is 0 Å². The molecule has 2 rings (SSSR count). The topological polar surface area (TPSA) is 0 Å². The average Bonchev–Trinajstić information content (AvgIpc) is 2.57. The second-order valence-electron chi connectivity index (χ2n) is 2.79. The molecule has 1 aromatic carbocycles. The third-order valence-electron chi connectivity index (χ3n) is 1.77. The van der Waals surface area contributed by atoms with Crippen LogP contribution in [0.4, 0.5) is 4.39 Å². The first-order chi connectivity index (χ1) is 6.34. The van der Waals surface area contributed by atoms with Crippen LogP contribution in [0.25, 0.3) is 0 Å². The number of thiophene rings is 1. The van der Waals surface area contributed by atoms with Crippen LogP contribution < -0.4 is 0 Å². The van der Waals surface area contributed by atoms with E-state index >= 15 is 0 Å². The van der Waals surface area contributed by atoms with Crippen LogP contribution in [0, 0.1) is 11.9 Å². The fourth-order valence-electron chi connectivity index (χ4n) is 1.19. The lowest BCUT2D eigenvalue weighted by molar-refractivity contribution is 0.626. The van der Waals surface area contributed by atoms with E-state index in [0.717, 1.165) is 12.0 Å². The number of hydrogen-bond donors (Lipinski definition) is 0. The van der Waals surface area contributed by atoms with Gasteiger partial charge in [0.2, 0.25) is 0 Å². The largest absolute Gasteiger partial charge is 0.207 e. The summed E-state index contributed by atoms with van der Waals surface area (Å²) < 4.78 is 12.8. The Balaban J connectivity index is 2.19. The molecule has 0 spiro atoms. The molecule has 2 aromatic rings. The van der Waals surface area contributed by atoms with Gasteiger partial charge in [0.15, 0.2) is 0 Å². The number of halogens is 1. The van der Waals surface area contributed by atoms with Crippen molar-refractivity contribution in [3.05, 3.63) is 58.0 Å². The smallest absolute Gasteiger partial charge is 0.123 e.